The molecule has 1 amide bonds. The van der Waals surface area contributed by atoms with Crippen LogP contribution in [0.2, 0.25) is 0 Å². The summed E-state index contributed by atoms with van der Waals surface area (Å²) in [6.45, 7) is 0.424. The van der Waals surface area contributed by atoms with E-state index in [9.17, 15) is 14.4 Å². The monoisotopic (exact) mass is 232 g/mol. The van der Waals surface area contributed by atoms with E-state index in [4.69, 9.17) is 10.2 Å². The third-order valence-electron chi connectivity index (χ3n) is 1.20. The number of carboxylic acids is 2. The minimum Gasteiger partial charge on any atom is -0.478 e. The molecule has 7 heteroatoms. The van der Waals surface area contributed by atoms with Crippen LogP contribution in [0.4, 0.5) is 0 Å². The van der Waals surface area contributed by atoms with Gasteiger partial charge in [-0.3, -0.25) is 4.79 Å². The lowest BCUT2D eigenvalue weighted by molar-refractivity contribution is -0.134. The fraction of sp³-hybridized carbons (Fsp3) is 0.444. The molecule has 0 radical (unpaired) electrons. The minimum absolute atomic E-state index is 0.104. The summed E-state index contributed by atoms with van der Waals surface area (Å²) in [6.07, 6.45) is 1.12. The van der Waals surface area contributed by atoms with Crippen molar-refractivity contribution >= 4 is 17.8 Å². The smallest absolute Gasteiger partial charge is 0.328 e. The fourth-order valence-electron chi connectivity index (χ4n) is 0.452. The van der Waals surface area contributed by atoms with Crippen molar-refractivity contribution in [3.8, 4) is 0 Å². The average Bonchev–Trinajstić information content (AvgIpc) is 2.16. The number of carboxylic acid groups (broad SMARTS) is 2. The number of hydrogen-bond donors (Lipinski definition) is 3. The van der Waals surface area contributed by atoms with Gasteiger partial charge in [-0.15, -0.1) is 0 Å². The molecule has 0 aromatic carbocycles. The second kappa shape index (κ2) is 9.66. The number of carbonyl (C=O) groups excluding carboxylic acids is 1. The summed E-state index contributed by atoms with van der Waals surface area (Å²) in [5, 5.41) is 18.4. The van der Waals surface area contributed by atoms with Gasteiger partial charge in [-0.25, -0.2) is 9.59 Å². The second-order valence-electron chi connectivity index (χ2n) is 2.83. The van der Waals surface area contributed by atoms with Crippen molar-refractivity contribution in [2.45, 2.75) is 0 Å². The average molecular weight is 232 g/mol. The summed E-state index contributed by atoms with van der Waals surface area (Å²) in [7, 11) is 5.22. The van der Waals surface area contributed by atoms with Gasteiger partial charge in [0.1, 0.15) is 0 Å². The SMILES string of the molecule is CNCC(=O)N(C)C.O=C(O)/C=C/C(=O)O. The molecule has 7 nitrogen and oxygen atoms in total. The Morgan fingerprint density at radius 2 is 1.50 bits per heavy atom. The Kier molecular flexibility index (Phi) is 9.98. The maximum Gasteiger partial charge on any atom is 0.328 e. The van der Waals surface area contributed by atoms with Gasteiger partial charge in [0.25, 0.3) is 0 Å². The zero-order valence-electron chi connectivity index (χ0n) is 9.43. The van der Waals surface area contributed by atoms with E-state index >= 15 is 0 Å². The van der Waals surface area contributed by atoms with Crippen LogP contribution >= 0.6 is 0 Å². The minimum atomic E-state index is -1.26. The van der Waals surface area contributed by atoms with Gasteiger partial charge in [0.15, 0.2) is 0 Å². The standard InChI is InChI=1S/C5H12N2O.C4H4O4/c1-6-4-5(8)7(2)3;5-3(6)1-2-4(7)8/h6H,4H2,1-3H3;1-2H,(H,5,6)(H,7,8)/b;2-1+. The zero-order valence-corrected chi connectivity index (χ0v) is 9.43. The number of rotatable bonds is 4. The first-order valence-electron chi connectivity index (χ1n) is 4.30. The quantitative estimate of drug-likeness (QED) is 0.537. The number of nitrogens with one attached hydrogen (secondary N) is 1. The van der Waals surface area contributed by atoms with E-state index in [-0.39, 0.29) is 5.91 Å². The van der Waals surface area contributed by atoms with Gasteiger partial charge in [0.05, 0.1) is 6.54 Å². The first-order chi connectivity index (χ1) is 7.31. The van der Waals surface area contributed by atoms with Crippen LogP contribution in [-0.4, -0.2) is 60.6 Å². The summed E-state index contributed by atoms with van der Waals surface area (Å²) in [4.78, 5) is 31.3. The predicted molar refractivity (Wildman–Crippen MR) is 57.0 cm³/mol. The summed E-state index contributed by atoms with van der Waals surface area (Å²) in [5.41, 5.74) is 0. The summed E-state index contributed by atoms with van der Waals surface area (Å²) in [6, 6.07) is 0. The molecule has 0 fully saturated rings. The van der Waals surface area contributed by atoms with Gasteiger partial charge < -0.3 is 20.4 Å². The number of nitrogens with zero attached hydrogens (tertiary/aromatic N) is 1. The molecule has 0 unspecified atom stereocenters. The van der Waals surface area contributed by atoms with Crippen LogP contribution in [0.15, 0.2) is 12.2 Å². The van der Waals surface area contributed by atoms with Gasteiger partial charge in [0.2, 0.25) is 5.91 Å². The van der Waals surface area contributed by atoms with Crippen molar-refractivity contribution in [1.82, 2.24) is 10.2 Å². The van der Waals surface area contributed by atoms with Crippen LogP contribution in [0.5, 0.6) is 0 Å². The number of carbonyl (C=O) groups is 3. The van der Waals surface area contributed by atoms with E-state index in [1.807, 2.05) is 0 Å². The Hall–Kier alpha value is -1.89. The maximum absolute atomic E-state index is 10.6. The van der Waals surface area contributed by atoms with E-state index in [2.05, 4.69) is 5.32 Å². The molecule has 0 aliphatic carbocycles. The van der Waals surface area contributed by atoms with Crippen molar-refractivity contribution in [1.29, 1.82) is 0 Å². The van der Waals surface area contributed by atoms with Gasteiger partial charge in [0, 0.05) is 26.2 Å². The lowest BCUT2D eigenvalue weighted by atomic mass is 10.5. The van der Waals surface area contributed by atoms with E-state index in [0.29, 0.717) is 18.7 Å². The highest BCUT2D eigenvalue weighted by molar-refractivity contribution is 5.89. The fourth-order valence-corrected chi connectivity index (χ4v) is 0.452. The Morgan fingerprint density at radius 3 is 1.62 bits per heavy atom. The molecular weight excluding hydrogens is 216 g/mol. The molecule has 3 N–H and O–H groups in total. The summed E-state index contributed by atoms with van der Waals surface area (Å²) < 4.78 is 0. The molecule has 0 saturated carbocycles. The molecule has 0 aliphatic heterocycles. The van der Waals surface area contributed by atoms with E-state index in [1.165, 1.54) is 0 Å². The van der Waals surface area contributed by atoms with E-state index in [0.717, 1.165) is 0 Å². The Morgan fingerprint density at radius 1 is 1.12 bits per heavy atom. The lowest BCUT2D eigenvalue weighted by Gasteiger charge is -2.07. The molecule has 0 heterocycles. The highest BCUT2D eigenvalue weighted by Gasteiger charge is 1.98. The van der Waals surface area contributed by atoms with Crippen LogP contribution in [0.1, 0.15) is 0 Å². The Balaban J connectivity index is 0. The summed E-state index contributed by atoms with van der Waals surface area (Å²) >= 11 is 0. The molecule has 0 aromatic rings. The highest BCUT2D eigenvalue weighted by atomic mass is 16.4. The largest absolute Gasteiger partial charge is 0.478 e. The highest BCUT2D eigenvalue weighted by Crippen LogP contribution is 1.72. The van der Waals surface area contributed by atoms with Crippen LogP contribution < -0.4 is 5.32 Å². The molecule has 0 saturated heterocycles. The topological polar surface area (TPSA) is 107 Å². The van der Waals surface area contributed by atoms with E-state index in [1.54, 1.807) is 26.0 Å². The third-order valence-corrected chi connectivity index (χ3v) is 1.20. The maximum atomic E-state index is 10.6. The normalized spacial score (nSPS) is 9.19. The van der Waals surface area contributed by atoms with Crippen LogP contribution in [0.25, 0.3) is 0 Å². The number of hydrogen-bond acceptors (Lipinski definition) is 4. The second-order valence-corrected chi connectivity index (χ2v) is 2.83. The van der Waals surface area contributed by atoms with Crippen LogP contribution in [0, 0.1) is 0 Å². The molecule has 0 rings (SSSR count). The number of aliphatic carboxylic acids is 2. The van der Waals surface area contributed by atoms with Gasteiger partial charge >= 0.3 is 11.9 Å². The van der Waals surface area contributed by atoms with Crippen molar-refractivity contribution < 1.29 is 24.6 Å². The Labute approximate surface area is 93.4 Å². The van der Waals surface area contributed by atoms with Crippen molar-refractivity contribution in [2.75, 3.05) is 27.7 Å². The molecule has 16 heavy (non-hydrogen) atoms. The molecule has 0 aromatic heterocycles. The van der Waals surface area contributed by atoms with Crippen molar-refractivity contribution in [2.24, 2.45) is 0 Å². The van der Waals surface area contributed by atoms with E-state index < -0.39 is 11.9 Å². The molecule has 0 atom stereocenters. The first kappa shape index (κ1) is 16.5. The van der Waals surface area contributed by atoms with Crippen LogP contribution in [-0.2, 0) is 14.4 Å². The first-order valence-corrected chi connectivity index (χ1v) is 4.30. The Bertz CT molecular complexity index is 257. The van der Waals surface area contributed by atoms with Gasteiger partial charge in [-0.1, -0.05) is 0 Å². The van der Waals surface area contributed by atoms with Crippen LogP contribution in [0.3, 0.4) is 0 Å². The van der Waals surface area contributed by atoms with Gasteiger partial charge in [-0.05, 0) is 7.05 Å². The van der Waals surface area contributed by atoms with Gasteiger partial charge in [-0.2, -0.15) is 0 Å². The third kappa shape index (κ3) is 14.6. The van der Waals surface area contributed by atoms with Crippen molar-refractivity contribution in [3.05, 3.63) is 12.2 Å². The number of likely N-dealkylation sites (N-methyl/N-ethyl adjacent to an activating group) is 2. The predicted octanol–water partition coefficient (Wildman–Crippen LogP) is -0.994. The molecule has 0 bridgehead atoms. The molecule has 0 spiro atoms. The number of amides is 1. The molecule has 92 valence electrons. The summed E-state index contributed by atoms with van der Waals surface area (Å²) in [5.74, 6) is -2.41. The van der Waals surface area contributed by atoms with Crippen molar-refractivity contribution in [3.63, 3.8) is 0 Å². The molecule has 0 aliphatic rings. The zero-order chi connectivity index (χ0) is 13.1. The lowest BCUT2D eigenvalue weighted by Crippen LogP contribution is -2.30. The molecular formula is C9H16N2O5.